The average Bonchev–Trinajstić information content (AvgIpc) is 2.40. The molecule has 1 amide bonds. The van der Waals surface area contributed by atoms with E-state index < -0.39 is 0 Å². The van der Waals surface area contributed by atoms with Gasteiger partial charge >= 0.3 is 0 Å². The zero-order chi connectivity index (χ0) is 13.0. The van der Waals surface area contributed by atoms with Crippen molar-refractivity contribution < 1.29 is 9.53 Å². The predicted octanol–water partition coefficient (Wildman–Crippen LogP) is 1.36. The Bertz CT molecular complexity index is 431. The number of carbonyl (C=O) groups excluding carboxylic acids is 1. The van der Waals surface area contributed by atoms with Gasteiger partial charge < -0.3 is 15.4 Å². The van der Waals surface area contributed by atoms with Gasteiger partial charge in [-0.3, -0.25) is 4.79 Å². The lowest BCUT2D eigenvalue weighted by Crippen LogP contribution is -2.47. The minimum Gasteiger partial charge on any atom is -0.366 e. The highest BCUT2D eigenvalue weighted by atomic mass is 79.9. The van der Waals surface area contributed by atoms with Crippen molar-refractivity contribution in [2.75, 3.05) is 19.7 Å². The van der Waals surface area contributed by atoms with Crippen molar-refractivity contribution >= 4 is 21.8 Å². The predicted molar refractivity (Wildman–Crippen MR) is 73.3 cm³/mol. The Morgan fingerprint density at radius 1 is 1.61 bits per heavy atom. The highest BCUT2D eigenvalue weighted by Gasteiger charge is 2.21. The normalized spacial score (nSPS) is 19.6. The molecule has 0 saturated carbocycles. The van der Waals surface area contributed by atoms with Crippen molar-refractivity contribution in [2.45, 2.75) is 19.6 Å². The number of morpholine rings is 1. The second-order valence-electron chi connectivity index (χ2n) is 4.35. The zero-order valence-corrected chi connectivity index (χ0v) is 11.9. The number of rotatable bonds is 3. The van der Waals surface area contributed by atoms with E-state index in [1.807, 2.05) is 25.1 Å². The van der Waals surface area contributed by atoms with Crippen LogP contribution in [0.25, 0.3) is 0 Å². The fourth-order valence-corrected chi connectivity index (χ4v) is 2.27. The van der Waals surface area contributed by atoms with Gasteiger partial charge in [-0.2, -0.15) is 0 Å². The molecule has 2 rings (SSSR count). The molecule has 2 N–H and O–H groups in total. The van der Waals surface area contributed by atoms with E-state index in [-0.39, 0.29) is 12.0 Å². The lowest BCUT2D eigenvalue weighted by Gasteiger charge is -2.22. The smallest absolute Gasteiger partial charge is 0.250 e. The first kappa shape index (κ1) is 13.5. The molecule has 1 aromatic rings. The number of hydrogen-bond acceptors (Lipinski definition) is 3. The number of aryl methyl sites for hydroxylation is 1. The maximum atomic E-state index is 11.9. The molecule has 0 aromatic heterocycles. The Labute approximate surface area is 115 Å². The first-order chi connectivity index (χ1) is 8.66. The van der Waals surface area contributed by atoms with Crippen LogP contribution >= 0.6 is 15.9 Å². The molecule has 0 radical (unpaired) electrons. The van der Waals surface area contributed by atoms with E-state index in [2.05, 4.69) is 26.6 Å². The topological polar surface area (TPSA) is 50.4 Å². The van der Waals surface area contributed by atoms with Gasteiger partial charge in [-0.15, -0.1) is 0 Å². The second kappa shape index (κ2) is 6.31. The maximum absolute atomic E-state index is 11.9. The van der Waals surface area contributed by atoms with Crippen LogP contribution in [0.15, 0.2) is 22.7 Å². The van der Waals surface area contributed by atoms with Gasteiger partial charge in [0.1, 0.15) is 6.10 Å². The summed E-state index contributed by atoms with van der Waals surface area (Å²) in [5.74, 6) is -0.0541. The van der Waals surface area contributed by atoms with Crippen LogP contribution in [-0.4, -0.2) is 31.7 Å². The third kappa shape index (κ3) is 3.54. The summed E-state index contributed by atoms with van der Waals surface area (Å²) in [6, 6.07) is 6.05. The van der Waals surface area contributed by atoms with E-state index in [0.717, 1.165) is 16.6 Å². The van der Waals surface area contributed by atoms with Crippen LogP contribution in [0.4, 0.5) is 0 Å². The Kier molecular flexibility index (Phi) is 4.74. The SMILES string of the molecule is Cc1ccc(Br)cc1CNC(=O)C1CNCCO1. The minimum atomic E-state index is -0.369. The standard InChI is InChI=1S/C13H17BrN2O2/c1-9-2-3-11(14)6-10(9)7-16-13(17)12-8-15-4-5-18-12/h2-3,6,12,15H,4-5,7-8H2,1H3,(H,16,17). The van der Waals surface area contributed by atoms with E-state index in [1.54, 1.807) is 0 Å². The summed E-state index contributed by atoms with van der Waals surface area (Å²) < 4.78 is 6.42. The lowest BCUT2D eigenvalue weighted by molar-refractivity contribution is -0.134. The van der Waals surface area contributed by atoms with Gasteiger partial charge in [0.05, 0.1) is 6.61 Å². The molecule has 1 unspecified atom stereocenters. The van der Waals surface area contributed by atoms with E-state index >= 15 is 0 Å². The summed E-state index contributed by atoms with van der Waals surface area (Å²) in [5, 5.41) is 6.05. The Balaban J connectivity index is 1.90. The van der Waals surface area contributed by atoms with E-state index in [9.17, 15) is 4.79 Å². The summed E-state index contributed by atoms with van der Waals surface area (Å²) in [4.78, 5) is 11.9. The van der Waals surface area contributed by atoms with Gasteiger partial charge in [0.15, 0.2) is 0 Å². The molecule has 1 fully saturated rings. The van der Waals surface area contributed by atoms with Gasteiger partial charge in [0, 0.05) is 24.1 Å². The van der Waals surface area contributed by atoms with Crippen LogP contribution in [0.5, 0.6) is 0 Å². The van der Waals surface area contributed by atoms with Gasteiger partial charge in [-0.05, 0) is 30.2 Å². The molecular weight excluding hydrogens is 296 g/mol. The number of carbonyl (C=O) groups is 1. The summed E-state index contributed by atoms with van der Waals surface area (Å²) >= 11 is 3.43. The monoisotopic (exact) mass is 312 g/mol. The van der Waals surface area contributed by atoms with Crippen molar-refractivity contribution in [1.29, 1.82) is 0 Å². The molecule has 98 valence electrons. The van der Waals surface area contributed by atoms with E-state index in [1.165, 1.54) is 5.56 Å². The van der Waals surface area contributed by atoms with Gasteiger partial charge in [-0.1, -0.05) is 22.0 Å². The van der Waals surface area contributed by atoms with Crippen LogP contribution in [-0.2, 0) is 16.1 Å². The molecule has 0 spiro atoms. The molecule has 1 heterocycles. The minimum absolute atomic E-state index is 0.0541. The molecule has 0 bridgehead atoms. The molecule has 1 aromatic carbocycles. The van der Waals surface area contributed by atoms with Crippen molar-refractivity contribution in [3.05, 3.63) is 33.8 Å². The van der Waals surface area contributed by atoms with Crippen molar-refractivity contribution in [3.8, 4) is 0 Å². The van der Waals surface area contributed by atoms with Crippen molar-refractivity contribution in [2.24, 2.45) is 0 Å². The number of halogens is 1. The molecule has 18 heavy (non-hydrogen) atoms. The first-order valence-corrected chi connectivity index (χ1v) is 6.81. The lowest BCUT2D eigenvalue weighted by atomic mass is 10.1. The molecule has 1 aliphatic rings. The molecule has 1 atom stereocenters. The Morgan fingerprint density at radius 2 is 2.44 bits per heavy atom. The van der Waals surface area contributed by atoms with Crippen LogP contribution in [0, 0.1) is 6.92 Å². The summed E-state index contributed by atoms with van der Waals surface area (Å²) in [7, 11) is 0. The van der Waals surface area contributed by atoms with Crippen LogP contribution in [0.2, 0.25) is 0 Å². The highest BCUT2D eigenvalue weighted by Crippen LogP contribution is 2.15. The van der Waals surface area contributed by atoms with Crippen LogP contribution < -0.4 is 10.6 Å². The van der Waals surface area contributed by atoms with Gasteiger partial charge in [0.2, 0.25) is 0 Å². The van der Waals surface area contributed by atoms with E-state index in [4.69, 9.17) is 4.74 Å². The fraction of sp³-hybridized carbons (Fsp3) is 0.462. The molecule has 4 nitrogen and oxygen atoms in total. The van der Waals surface area contributed by atoms with Gasteiger partial charge in [0.25, 0.3) is 5.91 Å². The summed E-state index contributed by atoms with van der Waals surface area (Å²) in [6.07, 6.45) is -0.369. The molecule has 0 aliphatic carbocycles. The third-order valence-electron chi connectivity index (χ3n) is 2.98. The number of benzene rings is 1. The third-order valence-corrected chi connectivity index (χ3v) is 3.48. The molecule has 1 saturated heterocycles. The fourth-order valence-electron chi connectivity index (χ4n) is 1.86. The van der Waals surface area contributed by atoms with Crippen molar-refractivity contribution in [3.63, 3.8) is 0 Å². The highest BCUT2D eigenvalue weighted by molar-refractivity contribution is 9.10. The quantitative estimate of drug-likeness (QED) is 0.886. The van der Waals surface area contributed by atoms with Gasteiger partial charge in [-0.25, -0.2) is 0 Å². The largest absolute Gasteiger partial charge is 0.366 e. The Morgan fingerprint density at radius 3 is 3.17 bits per heavy atom. The van der Waals surface area contributed by atoms with Crippen LogP contribution in [0.3, 0.4) is 0 Å². The van der Waals surface area contributed by atoms with E-state index in [0.29, 0.717) is 19.7 Å². The van der Waals surface area contributed by atoms with Crippen LogP contribution in [0.1, 0.15) is 11.1 Å². The molecule has 5 heteroatoms. The summed E-state index contributed by atoms with van der Waals surface area (Å²) in [5.41, 5.74) is 2.28. The second-order valence-corrected chi connectivity index (χ2v) is 5.27. The Hall–Kier alpha value is -0.910. The number of hydrogen-bond donors (Lipinski definition) is 2. The maximum Gasteiger partial charge on any atom is 0.250 e. The molecule has 1 aliphatic heterocycles. The average molecular weight is 313 g/mol. The zero-order valence-electron chi connectivity index (χ0n) is 10.3. The molecular formula is C13H17BrN2O2. The number of nitrogens with one attached hydrogen (secondary N) is 2. The number of amides is 1. The number of ether oxygens (including phenoxy) is 1. The first-order valence-electron chi connectivity index (χ1n) is 6.02. The summed E-state index contributed by atoms with van der Waals surface area (Å²) in [6.45, 7) is 4.56. The van der Waals surface area contributed by atoms with Crippen molar-refractivity contribution in [1.82, 2.24) is 10.6 Å².